The fourth-order valence-electron chi connectivity index (χ4n) is 5.68. The summed E-state index contributed by atoms with van der Waals surface area (Å²) in [6.45, 7) is 11.5. The van der Waals surface area contributed by atoms with E-state index in [1.165, 1.54) is 97.2 Å². The van der Waals surface area contributed by atoms with Crippen LogP contribution in [0.1, 0.15) is 58.3 Å². The van der Waals surface area contributed by atoms with Gasteiger partial charge in [0.05, 0.1) is 0 Å². The van der Waals surface area contributed by atoms with Crippen molar-refractivity contribution in [1.29, 1.82) is 0 Å². The number of rotatable bonds is 6. The first-order chi connectivity index (χ1) is 11.7. The highest BCUT2D eigenvalue weighted by Crippen LogP contribution is 2.37. The van der Waals surface area contributed by atoms with Crippen LogP contribution in [0.2, 0.25) is 0 Å². The average Bonchev–Trinajstić information content (AvgIpc) is 2.62. The lowest BCUT2D eigenvalue weighted by atomic mass is 9.73. The lowest BCUT2D eigenvalue weighted by Crippen LogP contribution is -2.40. The van der Waals surface area contributed by atoms with E-state index in [4.69, 9.17) is 0 Å². The molecule has 140 valence electrons. The van der Waals surface area contributed by atoms with Crippen molar-refractivity contribution in [2.45, 2.75) is 58.3 Å². The van der Waals surface area contributed by atoms with E-state index in [0.29, 0.717) is 0 Å². The summed E-state index contributed by atoms with van der Waals surface area (Å²) in [7, 11) is 2.34. The van der Waals surface area contributed by atoms with Crippen molar-refractivity contribution in [3.63, 3.8) is 0 Å². The van der Waals surface area contributed by atoms with Crippen LogP contribution >= 0.6 is 0 Å². The summed E-state index contributed by atoms with van der Waals surface area (Å²) in [5.74, 6) is 3.92. The zero-order valence-electron chi connectivity index (χ0n) is 16.3. The molecule has 0 radical (unpaired) electrons. The molecule has 1 N–H and O–H groups in total. The van der Waals surface area contributed by atoms with Crippen LogP contribution in [0.5, 0.6) is 0 Å². The van der Waals surface area contributed by atoms with Gasteiger partial charge in [-0.3, -0.25) is 0 Å². The minimum atomic E-state index is 0.968. The van der Waals surface area contributed by atoms with Crippen LogP contribution < -0.4 is 5.32 Å². The predicted octanol–water partition coefficient (Wildman–Crippen LogP) is 3.46. The lowest BCUT2D eigenvalue weighted by molar-refractivity contribution is 0.0953. The van der Waals surface area contributed by atoms with Crippen molar-refractivity contribution < 1.29 is 0 Å². The Morgan fingerprint density at radius 3 is 2.42 bits per heavy atom. The molecular weight excluding hydrogens is 294 g/mol. The van der Waals surface area contributed by atoms with Crippen LogP contribution in [0.3, 0.4) is 0 Å². The molecule has 3 saturated heterocycles. The van der Waals surface area contributed by atoms with Crippen molar-refractivity contribution in [3.8, 4) is 0 Å². The van der Waals surface area contributed by atoms with Gasteiger partial charge in [-0.05, 0) is 115 Å². The Labute approximate surface area is 150 Å². The molecule has 24 heavy (non-hydrogen) atoms. The summed E-state index contributed by atoms with van der Waals surface area (Å²) in [6.07, 6.45) is 11.7. The zero-order chi connectivity index (χ0) is 16.8. The molecule has 3 unspecified atom stereocenters. The van der Waals surface area contributed by atoms with E-state index in [0.717, 1.165) is 23.7 Å². The standard InChI is InChI=1S/C21H41N3/c1-3-24-13-4-6-19(16-24)15-21(14-18-8-10-22-11-9-18)20-7-5-12-23(2)17-20/h18-22H,3-17H2,1-2H3. The first-order valence-electron chi connectivity index (χ1n) is 10.9. The Morgan fingerprint density at radius 2 is 1.67 bits per heavy atom. The number of piperidine rings is 3. The van der Waals surface area contributed by atoms with Crippen molar-refractivity contribution in [1.82, 2.24) is 15.1 Å². The van der Waals surface area contributed by atoms with Gasteiger partial charge in [0, 0.05) is 13.1 Å². The van der Waals surface area contributed by atoms with Crippen molar-refractivity contribution in [2.24, 2.45) is 23.7 Å². The van der Waals surface area contributed by atoms with E-state index in [-0.39, 0.29) is 0 Å². The number of hydrogen-bond acceptors (Lipinski definition) is 3. The molecule has 0 aliphatic carbocycles. The van der Waals surface area contributed by atoms with Gasteiger partial charge in [0.2, 0.25) is 0 Å². The maximum absolute atomic E-state index is 3.55. The van der Waals surface area contributed by atoms with Crippen molar-refractivity contribution in [3.05, 3.63) is 0 Å². The van der Waals surface area contributed by atoms with Crippen molar-refractivity contribution >= 4 is 0 Å². The zero-order valence-corrected chi connectivity index (χ0v) is 16.3. The fourth-order valence-corrected chi connectivity index (χ4v) is 5.68. The van der Waals surface area contributed by atoms with Crippen LogP contribution in [-0.4, -0.2) is 62.7 Å². The molecule has 3 heterocycles. The van der Waals surface area contributed by atoms with Gasteiger partial charge in [0.25, 0.3) is 0 Å². The normalized spacial score (nSPS) is 32.8. The summed E-state index contributed by atoms with van der Waals surface area (Å²) in [5, 5.41) is 3.55. The second-order valence-corrected chi connectivity index (χ2v) is 8.99. The predicted molar refractivity (Wildman–Crippen MR) is 103 cm³/mol. The molecule has 3 aliphatic heterocycles. The summed E-state index contributed by atoms with van der Waals surface area (Å²) in [6, 6.07) is 0. The lowest BCUT2D eigenvalue weighted by Gasteiger charge is -2.40. The molecule has 3 rings (SSSR count). The Hall–Kier alpha value is -0.120. The minimum Gasteiger partial charge on any atom is -0.317 e. The SMILES string of the molecule is CCN1CCCC(CC(CC2CCNCC2)C2CCCN(C)C2)C1. The van der Waals surface area contributed by atoms with Crippen LogP contribution in [0.15, 0.2) is 0 Å². The molecule has 3 nitrogen and oxygen atoms in total. The number of nitrogens with one attached hydrogen (secondary N) is 1. The van der Waals surface area contributed by atoms with E-state index in [9.17, 15) is 0 Å². The van der Waals surface area contributed by atoms with Crippen LogP contribution in [0, 0.1) is 23.7 Å². The maximum Gasteiger partial charge on any atom is 0.000965 e. The van der Waals surface area contributed by atoms with Crippen molar-refractivity contribution in [2.75, 3.05) is 52.9 Å². The smallest absolute Gasteiger partial charge is 0.000965 e. The molecule has 0 aromatic carbocycles. The second-order valence-electron chi connectivity index (χ2n) is 8.99. The molecular formula is C21H41N3. The van der Waals surface area contributed by atoms with Crippen LogP contribution in [0.4, 0.5) is 0 Å². The second kappa shape index (κ2) is 9.54. The monoisotopic (exact) mass is 335 g/mol. The minimum absolute atomic E-state index is 0.968. The van der Waals surface area contributed by atoms with Crippen LogP contribution in [-0.2, 0) is 0 Å². The topological polar surface area (TPSA) is 18.5 Å². The van der Waals surface area contributed by atoms with Crippen LogP contribution in [0.25, 0.3) is 0 Å². The molecule has 0 saturated carbocycles. The van der Waals surface area contributed by atoms with E-state index in [1.807, 2.05) is 0 Å². The molecule has 0 bridgehead atoms. The van der Waals surface area contributed by atoms with Gasteiger partial charge in [-0.25, -0.2) is 0 Å². The highest BCUT2D eigenvalue weighted by Gasteiger charge is 2.31. The summed E-state index contributed by atoms with van der Waals surface area (Å²) in [4.78, 5) is 5.30. The van der Waals surface area contributed by atoms with Gasteiger partial charge in [-0.15, -0.1) is 0 Å². The maximum atomic E-state index is 3.55. The Kier molecular flexibility index (Phi) is 7.42. The molecule has 0 aromatic rings. The summed E-state index contributed by atoms with van der Waals surface area (Å²) in [5.41, 5.74) is 0. The Bertz CT molecular complexity index is 353. The van der Waals surface area contributed by atoms with Gasteiger partial charge in [0.1, 0.15) is 0 Å². The third-order valence-corrected chi connectivity index (χ3v) is 7.11. The van der Waals surface area contributed by atoms with Gasteiger partial charge in [-0.1, -0.05) is 6.92 Å². The Balaban J connectivity index is 1.59. The highest BCUT2D eigenvalue weighted by molar-refractivity contribution is 4.84. The molecule has 0 spiro atoms. The number of likely N-dealkylation sites (tertiary alicyclic amines) is 2. The van der Waals surface area contributed by atoms with E-state index in [2.05, 4.69) is 29.1 Å². The highest BCUT2D eigenvalue weighted by atomic mass is 15.1. The molecule has 0 aromatic heterocycles. The van der Waals surface area contributed by atoms with E-state index < -0.39 is 0 Å². The van der Waals surface area contributed by atoms with Gasteiger partial charge < -0.3 is 15.1 Å². The first-order valence-corrected chi connectivity index (χ1v) is 10.9. The van der Waals surface area contributed by atoms with Gasteiger partial charge in [0.15, 0.2) is 0 Å². The summed E-state index contributed by atoms with van der Waals surface area (Å²) >= 11 is 0. The van der Waals surface area contributed by atoms with Gasteiger partial charge >= 0.3 is 0 Å². The van der Waals surface area contributed by atoms with Gasteiger partial charge in [-0.2, -0.15) is 0 Å². The first kappa shape index (κ1) is 18.7. The quantitative estimate of drug-likeness (QED) is 0.802. The number of nitrogens with zero attached hydrogens (tertiary/aromatic N) is 2. The molecule has 0 amide bonds. The fraction of sp³-hybridized carbons (Fsp3) is 1.00. The molecule has 3 fully saturated rings. The third kappa shape index (κ3) is 5.44. The molecule has 3 aliphatic rings. The largest absolute Gasteiger partial charge is 0.317 e. The average molecular weight is 336 g/mol. The molecule has 3 atom stereocenters. The third-order valence-electron chi connectivity index (χ3n) is 7.11. The summed E-state index contributed by atoms with van der Waals surface area (Å²) < 4.78 is 0. The van der Waals surface area contributed by atoms with E-state index in [1.54, 1.807) is 0 Å². The van der Waals surface area contributed by atoms with E-state index >= 15 is 0 Å². The molecule has 3 heteroatoms. The Morgan fingerprint density at radius 1 is 0.917 bits per heavy atom. The number of hydrogen-bond donors (Lipinski definition) is 1.